The average Bonchev–Trinajstić information content (AvgIpc) is 2.58. The molecule has 0 radical (unpaired) electrons. The molecule has 1 amide bonds. The first-order valence-corrected chi connectivity index (χ1v) is 6.60. The first kappa shape index (κ1) is 13.5. The minimum atomic E-state index is 0.343. The van der Waals surface area contributed by atoms with Crippen molar-refractivity contribution in [2.24, 2.45) is 5.92 Å². The van der Waals surface area contributed by atoms with Crippen LogP contribution in [-0.2, 0) is 4.79 Å². The highest BCUT2D eigenvalue weighted by atomic mass is 16.2. The highest BCUT2D eigenvalue weighted by Crippen LogP contribution is 2.09. The molecule has 0 unspecified atom stereocenters. The summed E-state index contributed by atoms with van der Waals surface area (Å²) in [6, 6.07) is 0.592. The molecule has 0 aliphatic carbocycles. The summed E-state index contributed by atoms with van der Waals surface area (Å²) >= 11 is 0. The van der Waals surface area contributed by atoms with Gasteiger partial charge in [0, 0.05) is 25.6 Å². The number of hydrogen-bond acceptors (Lipinski definition) is 2. The van der Waals surface area contributed by atoms with Crippen molar-refractivity contribution in [1.29, 1.82) is 0 Å². The lowest BCUT2D eigenvalue weighted by atomic mass is 10.1. The van der Waals surface area contributed by atoms with Crippen LogP contribution in [0.4, 0.5) is 0 Å². The Balaban J connectivity index is 2.01. The Bertz CT molecular complexity index is 216. The van der Waals surface area contributed by atoms with Crippen LogP contribution in [0.2, 0.25) is 0 Å². The van der Waals surface area contributed by atoms with Gasteiger partial charge in [0.25, 0.3) is 0 Å². The molecule has 0 aromatic carbocycles. The third-order valence-corrected chi connectivity index (χ3v) is 3.09. The fourth-order valence-corrected chi connectivity index (χ4v) is 2.35. The first-order valence-electron chi connectivity index (χ1n) is 6.60. The van der Waals surface area contributed by atoms with E-state index in [1.165, 1.54) is 6.42 Å². The van der Waals surface area contributed by atoms with Gasteiger partial charge in [0.05, 0.1) is 0 Å². The molecule has 0 spiro atoms. The minimum absolute atomic E-state index is 0.343. The van der Waals surface area contributed by atoms with E-state index in [0.717, 1.165) is 44.8 Å². The highest BCUT2D eigenvalue weighted by molar-refractivity contribution is 5.77. The Labute approximate surface area is 99.6 Å². The van der Waals surface area contributed by atoms with Crippen molar-refractivity contribution >= 4 is 5.91 Å². The van der Waals surface area contributed by atoms with Crippen molar-refractivity contribution in [1.82, 2.24) is 10.2 Å². The van der Waals surface area contributed by atoms with Gasteiger partial charge in [-0.2, -0.15) is 0 Å². The summed E-state index contributed by atoms with van der Waals surface area (Å²) in [5, 5.41) is 3.51. The van der Waals surface area contributed by atoms with Gasteiger partial charge in [-0.3, -0.25) is 4.79 Å². The normalized spacial score (nSPS) is 18.5. The van der Waals surface area contributed by atoms with Gasteiger partial charge in [0.2, 0.25) is 5.91 Å². The van der Waals surface area contributed by atoms with Crippen LogP contribution < -0.4 is 5.32 Å². The van der Waals surface area contributed by atoms with E-state index < -0.39 is 0 Å². The maximum absolute atomic E-state index is 11.4. The van der Waals surface area contributed by atoms with Gasteiger partial charge >= 0.3 is 0 Å². The van der Waals surface area contributed by atoms with Crippen LogP contribution in [0.3, 0.4) is 0 Å². The zero-order valence-corrected chi connectivity index (χ0v) is 11.0. The third-order valence-electron chi connectivity index (χ3n) is 3.09. The van der Waals surface area contributed by atoms with Crippen LogP contribution in [-0.4, -0.2) is 36.5 Å². The monoisotopic (exact) mass is 226 g/mol. The maximum atomic E-state index is 11.4. The Morgan fingerprint density at radius 2 is 2.12 bits per heavy atom. The summed E-state index contributed by atoms with van der Waals surface area (Å²) in [5.41, 5.74) is 0. The molecule has 1 atom stereocenters. The smallest absolute Gasteiger partial charge is 0.222 e. The Morgan fingerprint density at radius 1 is 1.38 bits per heavy atom. The molecule has 1 rings (SSSR count). The van der Waals surface area contributed by atoms with Crippen LogP contribution in [0.25, 0.3) is 0 Å². The molecule has 3 heteroatoms. The quantitative estimate of drug-likeness (QED) is 0.674. The SMILES string of the molecule is CC(C)C[C@H](C)NCCCN1CCCC1=O. The van der Waals surface area contributed by atoms with Gasteiger partial charge in [0.1, 0.15) is 0 Å². The zero-order valence-electron chi connectivity index (χ0n) is 11.0. The third kappa shape index (κ3) is 4.97. The van der Waals surface area contributed by atoms with E-state index in [1.54, 1.807) is 0 Å². The second-order valence-electron chi connectivity index (χ2n) is 5.32. The van der Waals surface area contributed by atoms with Crippen molar-refractivity contribution in [3.63, 3.8) is 0 Å². The second kappa shape index (κ2) is 6.89. The molecule has 1 aliphatic rings. The fourth-order valence-electron chi connectivity index (χ4n) is 2.35. The molecule has 3 nitrogen and oxygen atoms in total. The number of rotatable bonds is 7. The van der Waals surface area contributed by atoms with Gasteiger partial charge in [0.15, 0.2) is 0 Å². The van der Waals surface area contributed by atoms with E-state index in [9.17, 15) is 4.79 Å². The molecule has 1 aliphatic heterocycles. The Hall–Kier alpha value is -0.570. The van der Waals surface area contributed by atoms with Crippen LogP contribution >= 0.6 is 0 Å². The molecule has 1 heterocycles. The van der Waals surface area contributed by atoms with Crippen molar-refractivity contribution in [2.45, 2.75) is 52.5 Å². The minimum Gasteiger partial charge on any atom is -0.343 e. The van der Waals surface area contributed by atoms with E-state index in [1.807, 2.05) is 4.90 Å². The lowest BCUT2D eigenvalue weighted by molar-refractivity contribution is -0.127. The van der Waals surface area contributed by atoms with E-state index in [0.29, 0.717) is 11.9 Å². The van der Waals surface area contributed by atoms with Crippen molar-refractivity contribution in [2.75, 3.05) is 19.6 Å². The molecule has 1 saturated heterocycles. The molecule has 16 heavy (non-hydrogen) atoms. The molecular weight excluding hydrogens is 200 g/mol. The predicted molar refractivity (Wildman–Crippen MR) is 67.4 cm³/mol. The average molecular weight is 226 g/mol. The first-order chi connectivity index (χ1) is 7.59. The topological polar surface area (TPSA) is 32.3 Å². The number of nitrogens with zero attached hydrogens (tertiary/aromatic N) is 1. The van der Waals surface area contributed by atoms with Crippen LogP contribution in [0.1, 0.15) is 46.5 Å². The van der Waals surface area contributed by atoms with Gasteiger partial charge in [-0.15, -0.1) is 0 Å². The molecular formula is C13H26N2O. The predicted octanol–water partition coefficient (Wildman–Crippen LogP) is 2.02. The Morgan fingerprint density at radius 3 is 2.69 bits per heavy atom. The van der Waals surface area contributed by atoms with Crippen LogP contribution in [0.5, 0.6) is 0 Å². The number of nitrogens with one attached hydrogen (secondary N) is 1. The van der Waals surface area contributed by atoms with Gasteiger partial charge in [-0.1, -0.05) is 13.8 Å². The van der Waals surface area contributed by atoms with E-state index in [2.05, 4.69) is 26.1 Å². The lowest BCUT2D eigenvalue weighted by Crippen LogP contribution is -2.32. The summed E-state index contributed by atoms with van der Waals surface area (Å²) in [4.78, 5) is 13.3. The Kier molecular flexibility index (Phi) is 5.81. The summed E-state index contributed by atoms with van der Waals surface area (Å²) in [6.45, 7) is 9.67. The molecule has 1 fully saturated rings. The van der Waals surface area contributed by atoms with Crippen LogP contribution in [0.15, 0.2) is 0 Å². The van der Waals surface area contributed by atoms with E-state index in [4.69, 9.17) is 0 Å². The van der Waals surface area contributed by atoms with E-state index in [-0.39, 0.29) is 0 Å². The summed E-state index contributed by atoms with van der Waals surface area (Å²) in [6.07, 6.45) is 4.12. The largest absolute Gasteiger partial charge is 0.343 e. The lowest BCUT2D eigenvalue weighted by Gasteiger charge is -2.18. The number of carbonyl (C=O) groups is 1. The maximum Gasteiger partial charge on any atom is 0.222 e. The molecule has 0 bridgehead atoms. The number of carbonyl (C=O) groups excluding carboxylic acids is 1. The van der Waals surface area contributed by atoms with Gasteiger partial charge < -0.3 is 10.2 Å². The molecule has 0 aromatic heterocycles. The van der Waals surface area contributed by atoms with Crippen LogP contribution in [0, 0.1) is 5.92 Å². The van der Waals surface area contributed by atoms with Crippen molar-refractivity contribution in [3.05, 3.63) is 0 Å². The van der Waals surface area contributed by atoms with Gasteiger partial charge in [-0.05, 0) is 38.6 Å². The molecule has 1 N–H and O–H groups in total. The summed E-state index contributed by atoms with van der Waals surface area (Å²) in [5.74, 6) is 1.10. The zero-order chi connectivity index (χ0) is 12.0. The van der Waals surface area contributed by atoms with E-state index >= 15 is 0 Å². The molecule has 0 saturated carbocycles. The molecule has 94 valence electrons. The fraction of sp³-hybridized carbons (Fsp3) is 0.923. The number of amides is 1. The standard InChI is InChI=1S/C13H26N2O/c1-11(2)10-12(3)14-7-5-9-15-8-4-6-13(15)16/h11-12,14H,4-10H2,1-3H3/t12-/m0/s1. The highest BCUT2D eigenvalue weighted by Gasteiger charge is 2.18. The second-order valence-corrected chi connectivity index (χ2v) is 5.32. The number of likely N-dealkylation sites (tertiary alicyclic amines) is 1. The van der Waals surface area contributed by atoms with Crippen molar-refractivity contribution in [3.8, 4) is 0 Å². The van der Waals surface area contributed by atoms with Crippen molar-refractivity contribution < 1.29 is 4.79 Å². The number of hydrogen-bond donors (Lipinski definition) is 1. The summed E-state index contributed by atoms with van der Waals surface area (Å²) < 4.78 is 0. The van der Waals surface area contributed by atoms with Gasteiger partial charge in [-0.25, -0.2) is 0 Å². The summed E-state index contributed by atoms with van der Waals surface area (Å²) in [7, 11) is 0. The molecule has 0 aromatic rings.